The van der Waals surface area contributed by atoms with E-state index in [4.69, 9.17) is 4.74 Å². The predicted molar refractivity (Wildman–Crippen MR) is 174 cm³/mol. The van der Waals surface area contributed by atoms with E-state index >= 15 is 4.39 Å². The SMILES string of the molecule is C=Cc1c(C(O)c2cccc(-c3c(C)cnn3C3CCCCO3)c2)c(F)cc2c1ccn2[Si](C(C)C)(C(C)C)C(C)C. The van der Waals surface area contributed by atoms with E-state index in [2.05, 4.69) is 69.7 Å². The zero-order valence-electron chi connectivity index (χ0n) is 26.2. The molecule has 5 nitrogen and oxygen atoms in total. The van der Waals surface area contributed by atoms with E-state index < -0.39 is 20.2 Å². The van der Waals surface area contributed by atoms with E-state index in [1.807, 2.05) is 42.1 Å². The van der Waals surface area contributed by atoms with Crippen molar-refractivity contribution in [2.75, 3.05) is 6.61 Å². The van der Waals surface area contributed by atoms with Crippen molar-refractivity contribution in [1.29, 1.82) is 0 Å². The molecule has 0 aliphatic carbocycles. The summed E-state index contributed by atoms with van der Waals surface area (Å²) < 4.78 is 26.7. The van der Waals surface area contributed by atoms with Gasteiger partial charge in [-0.1, -0.05) is 72.4 Å². The maximum atomic E-state index is 16.3. The van der Waals surface area contributed by atoms with Crippen molar-refractivity contribution in [3.8, 4) is 11.3 Å². The van der Waals surface area contributed by atoms with Crippen LogP contribution in [0.2, 0.25) is 16.6 Å². The summed E-state index contributed by atoms with van der Waals surface area (Å²) in [5.41, 5.74) is 6.74. The number of hydrogen-bond donors (Lipinski definition) is 1. The van der Waals surface area contributed by atoms with Crippen LogP contribution in [0.1, 0.15) is 95.4 Å². The molecule has 3 heterocycles. The Morgan fingerprint density at radius 1 is 1.07 bits per heavy atom. The maximum Gasteiger partial charge on any atom is 0.169 e. The molecule has 7 heteroatoms. The quantitative estimate of drug-likeness (QED) is 0.199. The van der Waals surface area contributed by atoms with Gasteiger partial charge in [0, 0.05) is 28.6 Å². The van der Waals surface area contributed by atoms with Gasteiger partial charge >= 0.3 is 0 Å². The molecule has 2 aromatic heterocycles. The van der Waals surface area contributed by atoms with Gasteiger partial charge in [-0.2, -0.15) is 5.10 Å². The molecular weight excluding hydrogens is 541 g/mol. The molecule has 1 N–H and O–H groups in total. The number of hydrogen-bond acceptors (Lipinski definition) is 3. The number of ether oxygens (including phenoxy) is 1. The molecular formula is C35H46FN3O2Si. The topological polar surface area (TPSA) is 52.2 Å². The average molecular weight is 588 g/mol. The van der Waals surface area contributed by atoms with Gasteiger partial charge in [-0.05, 0) is 83.9 Å². The van der Waals surface area contributed by atoms with Crippen molar-refractivity contribution < 1.29 is 14.2 Å². The monoisotopic (exact) mass is 587 g/mol. The van der Waals surface area contributed by atoms with E-state index in [0.717, 1.165) is 53.6 Å². The number of fused-ring (bicyclic) bond motifs is 1. The van der Waals surface area contributed by atoms with Crippen molar-refractivity contribution in [2.24, 2.45) is 0 Å². The van der Waals surface area contributed by atoms with E-state index in [9.17, 15) is 5.11 Å². The molecule has 0 spiro atoms. The van der Waals surface area contributed by atoms with Crippen molar-refractivity contribution in [1.82, 2.24) is 14.0 Å². The van der Waals surface area contributed by atoms with Crippen LogP contribution in [-0.2, 0) is 4.74 Å². The van der Waals surface area contributed by atoms with Crippen LogP contribution in [0.15, 0.2) is 55.4 Å². The molecule has 5 rings (SSSR count). The Bertz CT molecular complexity index is 1560. The zero-order chi connectivity index (χ0) is 30.3. The Morgan fingerprint density at radius 2 is 1.79 bits per heavy atom. The fraction of sp³-hybridized carbons (Fsp3) is 0.457. The molecule has 1 aliphatic rings. The molecule has 1 fully saturated rings. The highest BCUT2D eigenvalue weighted by Gasteiger charge is 2.46. The van der Waals surface area contributed by atoms with Crippen LogP contribution in [0.4, 0.5) is 4.39 Å². The average Bonchev–Trinajstić information content (AvgIpc) is 3.56. The van der Waals surface area contributed by atoms with Crippen LogP contribution < -0.4 is 0 Å². The van der Waals surface area contributed by atoms with Crippen molar-refractivity contribution in [3.05, 3.63) is 83.4 Å². The molecule has 2 unspecified atom stereocenters. The number of benzene rings is 2. The first-order chi connectivity index (χ1) is 20.0. The van der Waals surface area contributed by atoms with Gasteiger partial charge in [0.2, 0.25) is 0 Å². The molecule has 0 bridgehead atoms. The third-order valence-electron chi connectivity index (χ3n) is 9.58. The van der Waals surface area contributed by atoms with Gasteiger partial charge in [0.1, 0.15) is 11.9 Å². The second kappa shape index (κ2) is 11.9. The summed E-state index contributed by atoms with van der Waals surface area (Å²) >= 11 is 0. The van der Waals surface area contributed by atoms with Gasteiger partial charge < -0.3 is 14.1 Å². The van der Waals surface area contributed by atoms with E-state index in [-0.39, 0.29) is 11.8 Å². The van der Waals surface area contributed by atoms with E-state index in [0.29, 0.717) is 27.8 Å². The van der Waals surface area contributed by atoms with Gasteiger partial charge in [0.15, 0.2) is 14.5 Å². The van der Waals surface area contributed by atoms with Gasteiger partial charge in [0.05, 0.1) is 11.9 Å². The first-order valence-electron chi connectivity index (χ1n) is 15.4. The third-order valence-corrected chi connectivity index (χ3v) is 16.4. The zero-order valence-corrected chi connectivity index (χ0v) is 27.2. The van der Waals surface area contributed by atoms with Crippen LogP contribution in [0.25, 0.3) is 28.2 Å². The molecule has 2 aromatic carbocycles. The summed E-state index contributed by atoms with van der Waals surface area (Å²) in [6.07, 6.45) is 7.52. The summed E-state index contributed by atoms with van der Waals surface area (Å²) in [5.74, 6) is -0.411. The van der Waals surface area contributed by atoms with Gasteiger partial charge in [-0.3, -0.25) is 0 Å². The first-order valence-corrected chi connectivity index (χ1v) is 17.6. The second-order valence-electron chi connectivity index (χ2n) is 12.8. The molecule has 0 amide bonds. The molecule has 1 saturated heterocycles. The number of halogens is 1. The maximum absolute atomic E-state index is 16.3. The Morgan fingerprint density at radius 3 is 2.40 bits per heavy atom. The lowest BCUT2D eigenvalue weighted by atomic mass is 9.92. The Labute approximate surface area is 251 Å². The smallest absolute Gasteiger partial charge is 0.169 e. The standard InChI is InChI=1S/C35H46FN3O2Si/c1-9-28-29-16-17-38(42(22(2)3,23(4)5)24(6)7)31(29)20-30(36)33(28)35(40)27-14-12-13-26(19-27)34-25(8)21-37-39(34)32-15-10-11-18-41-32/h9,12-14,16-17,19-24,32,35,40H,1,10-11,15,18H2,2-8H3. The van der Waals surface area contributed by atoms with Crippen LogP contribution in [0.5, 0.6) is 0 Å². The minimum Gasteiger partial charge on any atom is -0.384 e. The summed E-state index contributed by atoms with van der Waals surface area (Å²) in [7, 11) is -2.11. The fourth-order valence-corrected chi connectivity index (χ4v) is 14.5. The number of rotatable bonds is 9. The van der Waals surface area contributed by atoms with Crippen molar-refractivity contribution >= 4 is 25.2 Å². The number of aliphatic hydroxyl groups is 1. The highest BCUT2D eigenvalue weighted by atomic mass is 28.3. The lowest BCUT2D eigenvalue weighted by molar-refractivity contribution is -0.0383. The van der Waals surface area contributed by atoms with Gasteiger partial charge in [0.25, 0.3) is 0 Å². The highest BCUT2D eigenvalue weighted by molar-refractivity contribution is 6.82. The Balaban J connectivity index is 1.61. The number of aromatic nitrogens is 3. The second-order valence-corrected chi connectivity index (χ2v) is 18.6. The molecule has 224 valence electrons. The molecule has 0 saturated carbocycles. The number of aryl methyl sites for hydroxylation is 1. The number of nitrogens with zero attached hydrogens (tertiary/aromatic N) is 3. The Hall–Kier alpha value is -3.00. The molecule has 1 aliphatic heterocycles. The summed E-state index contributed by atoms with van der Waals surface area (Å²) in [5, 5.41) is 17.3. The predicted octanol–water partition coefficient (Wildman–Crippen LogP) is 9.40. The van der Waals surface area contributed by atoms with Crippen LogP contribution in [0, 0.1) is 12.7 Å². The fourth-order valence-electron chi connectivity index (χ4n) is 7.93. The molecule has 4 aromatic rings. The van der Waals surface area contributed by atoms with Crippen molar-refractivity contribution in [3.63, 3.8) is 0 Å². The molecule has 2 atom stereocenters. The van der Waals surface area contributed by atoms with Gasteiger partial charge in [-0.25, -0.2) is 9.07 Å². The summed E-state index contributed by atoms with van der Waals surface area (Å²) in [6.45, 7) is 20.7. The van der Waals surface area contributed by atoms with Crippen molar-refractivity contribution in [2.45, 2.75) is 96.7 Å². The van der Waals surface area contributed by atoms with Gasteiger partial charge in [-0.15, -0.1) is 0 Å². The lowest BCUT2D eigenvalue weighted by Crippen LogP contribution is -2.51. The molecule has 42 heavy (non-hydrogen) atoms. The first kappa shape index (κ1) is 30.5. The Kier molecular flexibility index (Phi) is 8.66. The van der Waals surface area contributed by atoms with Crippen LogP contribution in [-0.4, -0.2) is 34.0 Å². The third kappa shape index (κ3) is 4.89. The normalized spacial score (nSPS) is 17.1. The number of aliphatic hydroxyl groups excluding tert-OH is 1. The minimum atomic E-state index is -2.11. The van der Waals surface area contributed by atoms with E-state index in [1.54, 1.807) is 12.1 Å². The van der Waals surface area contributed by atoms with Crippen LogP contribution in [0.3, 0.4) is 0 Å². The summed E-state index contributed by atoms with van der Waals surface area (Å²) in [4.78, 5) is 0. The highest BCUT2D eigenvalue weighted by Crippen LogP contribution is 2.45. The summed E-state index contributed by atoms with van der Waals surface area (Å²) in [6, 6.07) is 11.5. The van der Waals surface area contributed by atoms with Crippen LogP contribution >= 0.6 is 0 Å². The van der Waals surface area contributed by atoms with E-state index in [1.165, 1.54) is 0 Å². The minimum absolute atomic E-state index is 0.106. The lowest BCUT2D eigenvalue weighted by Gasteiger charge is -2.44. The largest absolute Gasteiger partial charge is 0.384 e. The molecule has 0 radical (unpaired) electrons.